The summed E-state index contributed by atoms with van der Waals surface area (Å²) in [7, 11) is -0.703. The van der Waals surface area contributed by atoms with Gasteiger partial charge in [0.15, 0.2) is 0 Å². The summed E-state index contributed by atoms with van der Waals surface area (Å²) in [4.78, 5) is 0. The van der Waals surface area contributed by atoms with Gasteiger partial charge in [0.05, 0.1) is 0 Å². The zero-order valence-electron chi connectivity index (χ0n) is 11.8. The van der Waals surface area contributed by atoms with Crippen LogP contribution >= 0.6 is 11.6 Å². The van der Waals surface area contributed by atoms with E-state index in [0.717, 1.165) is 29.5 Å². The molecule has 0 fully saturated rings. The Morgan fingerprint density at radius 3 is 2.89 bits per heavy atom. The Morgan fingerprint density at radius 1 is 1.47 bits per heavy atom. The molecule has 1 aromatic carbocycles. The summed E-state index contributed by atoms with van der Waals surface area (Å²) in [5.74, 6) is 1.46. The predicted octanol–water partition coefficient (Wildman–Crippen LogP) is 3.32. The average Bonchev–Trinajstić information content (AvgIpc) is 2.60. The van der Waals surface area contributed by atoms with Gasteiger partial charge in [-0.1, -0.05) is 38.4 Å². The molecule has 1 aliphatic carbocycles. The maximum atomic E-state index is 11.5. The molecule has 2 unspecified atom stereocenters. The minimum atomic E-state index is -0.703. The quantitative estimate of drug-likeness (QED) is 0.903. The largest absolute Gasteiger partial charge is 0.309 e. The molecule has 2 rings (SSSR count). The van der Waals surface area contributed by atoms with Crippen molar-refractivity contribution in [2.75, 3.05) is 18.1 Å². The summed E-state index contributed by atoms with van der Waals surface area (Å²) < 4.78 is 11.5. The molecule has 1 N–H and O–H groups in total. The van der Waals surface area contributed by atoms with Crippen molar-refractivity contribution in [3.8, 4) is 0 Å². The normalized spacial score (nSPS) is 22.2. The van der Waals surface area contributed by atoms with E-state index in [0.29, 0.717) is 6.04 Å². The minimum Gasteiger partial charge on any atom is -0.309 e. The van der Waals surface area contributed by atoms with E-state index >= 15 is 0 Å². The molecule has 0 radical (unpaired) electrons. The molecule has 0 aliphatic heterocycles. The Hall–Kier alpha value is -0.380. The van der Waals surface area contributed by atoms with Gasteiger partial charge in [-0.2, -0.15) is 0 Å². The van der Waals surface area contributed by atoms with Gasteiger partial charge in [0.2, 0.25) is 0 Å². The van der Waals surface area contributed by atoms with Crippen LogP contribution in [0.2, 0.25) is 5.02 Å². The summed E-state index contributed by atoms with van der Waals surface area (Å²) in [5, 5.41) is 4.36. The first kappa shape index (κ1) is 15.0. The van der Waals surface area contributed by atoms with Crippen molar-refractivity contribution in [1.29, 1.82) is 0 Å². The molecule has 0 spiro atoms. The Kier molecular flexibility index (Phi) is 4.70. The number of fused-ring (bicyclic) bond motifs is 1. The highest BCUT2D eigenvalue weighted by atomic mass is 35.5. The lowest BCUT2D eigenvalue weighted by Gasteiger charge is -2.28. The first-order valence-corrected chi connectivity index (χ1v) is 8.67. The molecule has 1 aliphatic rings. The van der Waals surface area contributed by atoms with Crippen LogP contribution in [0.4, 0.5) is 0 Å². The fourth-order valence-corrected chi connectivity index (χ4v) is 3.67. The van der Waals surface area contributed by atoms with Gasteiger partial charge in [0.25, 0.3) is 0 Å². The number of halogens is 1. The maximum absolute atomic E-state index is 11.5. The van der Waals surface area contributed by atoms with Gasteiger partial charge < -0.3 is 5.32 Å². The first-order valence-electron chi connectivity index (χ1n) is 6.80. The third kappa shape index (κ3) is 3.39. The minimum absolute atomic E-state index is 0.181. The lowest BCUT2D eigenvalue weighted by molar-refractivity contribution is 0.274. The van der Waals surface area contributed by atoms with E-state index in [1.807, 2.05) is 13.0 Å². The SMILES string of the molecule is CCS(=O)CCNC1c2cc(Cl)ccc2CC1(C)C. The topological polar surface area (TPSA) is 29.1 Å². The summed E-state index contributed by atoms with van der Waals surface area (Å²) in [5.41, 5.74) is 2.86. The van der Waals surface area contributed by atoms with Crippen molar-refractivity contribution < 1.29 is 4.21 Å². The second kappa shape index (κ2) is 5.94. The van der Waals surface area contributed by atoms with E-state index in [1.165, 1.54) is 11.1 Å². The molecule has 0 heterocycles. The van der Waals surface area contributed by atoms with Crippen molar-refractivity contribution in [3.63, 3.8) is 0 Å². The Labute approximate surface area is 123 Å². The number of rotatable bonds is 5. The van der Waals surface area contributed by atoms with Crippen LogP contribution < -0.4 is 5.32 Å². The highest BCUT2D eigenvalue weighted by Crippen LogP contribution is 2.45. The van der Waals surface area contributed by atoms with Gasteiger partial charge in [0, 0.05) is 39.9 Å². The molecule has 0 bridgehead atoms. The Bertz CT molecular complexity index is 487. The Balaban J connectivity index is 2.10. The van der Waals surface area contributed by atoms with E-state index in [-0.39, 0.29) is 5.41 Å². The van der Waals surface area contributed by atoms with Gasteiger partial charge >= 0.3 is 0 Å². The van der Waals surface area contributed by atoms with Crippen molar-refractivity contribution in [2.24, 2.45) is 5.41 Å². The Morgan fingerprint density at radius 2 is 2.21 bits per heavy atom. The van der Waals surface area contributed by atoms with E-state index < -0.39 is 10.8 Å². The molecular formula is C15H22ClNOS. The van der Waals surface area contributed by atoms with Gasteiger partial charge in [0.1, 0.15) is 0 Å². The standard InChI is InChI=1S/C15H22ClNOS/c1-4-19(18)8-7-17-14-13-9-12(16)6-5-11(13)10-15(14,2)3/h5-6,9,14,17H,4,7-8,10H2,1-3H3. The number of nitrogens with one attached hydrogen (secondary N) is 1. The van der Waals surface area contributed by atoms with Gasteiger partial charge in [-0.15, -0.1) is 0 Å². The molecule has 19 heavy (non-hydrogen) atoms. The monoisotopic (exact) mass is 299 g/mol. The second-order valence-corrected chi connectivity index (χ2v) is 8.13. The summed E-state index contributed by atoms with van der Waals surface area (Å²) in [6.07, 6.45) is 1.06. The van der Waals surface area contributed by atoms with Crippen molar-refractivity contribution in [3.05, 3.63) is 34.3 Å². The van der Waals surface area contributed by atoms with Crippen LogP contribution in [0.15, 0.2) is 18.2 Å². The van der Waals surface area contributed by atoms with E-state index in [4.69, 9.17) is 11.6 Å². The number of hydrogen-bond acceptors (Lipinski definition) is 2. The van der Waals surface area contributed by atoms with Gasteiger partial charge in [-0.05, 0) is 35.1 Å². The molecule has 0 amide bonds. The van der Waals surface area contributed by atoms with Crippen LogP contribution in [0.3, 0.4) is 0 Å². The second-order valence-electron chi connectivity index (χ2n) is 5.83. The molecule has 4 heteroatoms. The molecule has 2 nitrogen and oxygen atoms in total. The van der Waals surface area contributed by atoms with Crippen molar-refractivity contribution in [1.82, 2.24) is 5.32 Å². The predicted molar refractivity (Wildman–Crippen MR) is 83.2 cm³/mol. The van der Waals surface area contributed by atoms with Crippen LogP contribution in [0.1, 0.15) is 37.9 Å². The third-order valence-corrected chi connectivity index (χ3v) is 5.39. The maximum Gasteiger partial charge on any atom is 0.0409 e. The summed E-state index contributed by atoms with van der Waals surface area (Å²) in [6, 6.07) is 6.46. The van der Waals surface area contributed by atoms with Gasteiger partial charge in [-0.3, -0.25) is 4.21 Å². The van der Waals surface area contributed by atoms with Crippen molar-refractivity contribution in [2.45, 2.75) is 33.2 Å². The molecule has 0 saturated heterocycles. The molecule has 0 saturated carbocycles. The van der Waals surface area contributed by atoms with Crippen LogP contribution in [-0.4, -0.2) is 22.3 Å². The van der Waals surface area contributed by atoms with Crippen LogP contribution in [0.5, 0.6) is 0 Å². The van der Waals surface area contributed by atoms with Crippen molar-refractivity contribution >= 4 is 22.4 Å². The fraction of sp³-hybridized carbons (Fsp3) is 0.600. The highest BCUT2D eigenvalue weighted by molar-refractivity contribution is 7.84. The van der Waals surface area contributed by atoms with Gasteiger partial charge in [-0.25, -0.2) is 0 Å². The molecule has 2 atom stereocenters. The highest BCUT2D eigenvalue weighted by Gasteiger charge is 2.38. The van der Waals surface area contributed by atoms with E-state index in [9.17, 15) is 4.21 Å². The fourth-order valence-electron chi connectivity index (χ4n) is 2.86. The third-order valence-electron chi connectivity index (χ3n) is 3.85. The van der Waals surface area contributed by atoms with E-state index in [2.05, 4.69) is 31.3 Å². The zero-order chi connectivity index (χ0) is 14.0. The lowest BCUT2D eigenvalue weighted by atomic mass is 9.85. The number of hydrogen-bond donors (Lipinski definition) is 1. The summed E-state index contributed by atoms with van der Waals surface area (Å²) >= 11 is 6.11. The lowest BCUT2D eigenvalue weighted by Crippen LogP contribution is -2.33. The first-order chi connectivity index (χ1) is 8.94. The molecule has 1 aromatic rings. The molecular weight excluding hydrogens is 278 g/mol. The molecule has 0 aromatic heterocycles. The zero-order valence-corrected chi connectivity index (χ0v) is 13.4. The van der Waals surface area contributed by atoms with Crippen LogP contribution in [0, 0.1) is 5.41 Å². The number of benzene rings is 1. The average molecular weight is 300 g/mol. The smallest absolute Gasteiger partial charge is 0.0409 e. The van der Waals surface area contributed by atoms with Crippen LogP contribution in [0.25, 0.3) is 0 Å². The summed E-state index contributed by atoms with van der Waals surface area (Å²) in [6.45, 7) is 7.30. The van der Waals surface area contributed by atoms with Crippen LogP contribution in [-0.2, 0) is 17.2 Å². The van der Waals surface area contributed by atoms with E-state index in [1.54, 1.807) is 0 Å². The molecule has 106 valence electrons.